The van der Waals surface area contributed by atoms with E-state index in [-0.39, 0.29) is 6.10 Å². The Morgan fingerprint density at radius 1 is 1.78 bits per heavy atom. The van der Waals surface area contributed by atoms with Gasteiger partial charge in [0.2, 0.25) is 0 Å². The van der Waals surface area contributed by atoms with Gasteiger partial charge in [-0.2, -0.15) is 0 Å². The van der Waals surface area contributed by atoms with E-state index in [1.807, 2.05) is 6.92 Å². The molecular formula is C4H9O3PS. The van der Waals surface area contributed by atoms with Crippen LogP contribution in [0.15, 0.2) is 0 Å². The summed E-state index contributed by atoms with van der Waals surface area (Å²) in [5.74, 6) is 0. The van der Waals surface area contributed by atoms with Gasteiger partial charge in [-0.1, -0.05) is 0 Å². The quantitative estimate of drug-likeness (QED) is 0.548. The molecule has 2 unspecified atom stereocenters. The fraction of sp³-hybridized carbons (Fsp3) is 1.00. The van der Waals surface area contributed by atoms with Crippen molar-refractivity contribution in [3.05, 3.63) is 0 Å². The third-order valence-electron chi connectivity index (χ3n) is 1.09. The molecule has 9 heavy (non-hydrogen) atoms. The summed E-state index contributed by atoms with van der Waals surface area (Å²) in [7, 11) is 0. The molecule has 1 fully saturated rings. The molecule has 0 amide bonds. The minimum absolute atomic E-state index is 0.0505. The van der Waals surface area contributed by atoms with Crippen LogP contribution in [0.4, 0.5) is 0 Å². The van der Waals surface area contributed by atoms with Gasteiger partial charge in [0.25, 0.3) is 0 Å². The lowest BCUT2D eigenvalue weighted by Crippen LogP contribution is -2.16. The fourth-order valence-electron chi connectivity index (χ4n) is 0.645. The summed E-state index contributed by atoms with van der Waals surface area (Å²) in [6, 6.07) is 0. The third kappa shape index (κ3) is 2.32. The zero-order valence-corrected chi connectivity index (χ0v) is 6.82. The van der Waals surface area contributed by atoms with Gasteiger partial charge in [0.05, 0.1) is 12.7 Å². The number of rotatable bonds is 0. The second kappa shape index (κ2) is 2.64. The van der Waals surface area contributed by atoms with Crippen LogP contribution < -0.4 is 0 Å². The van der Waals surface area contributed by atoms with E-state index in [4.69, 9.17) is 13.9 Å². The van der Waals surface area contributed by atoms with Crippen molar-refractivity contribution in [1.29, 1.82) is 0 Å². The number of hydrogen-bond acceptors (Lipinski definition) is 3. The Bertz CT molecular complexity index is 149. The Morgan fingerprint density at radius 3 is 2.78 bits per heavy atom. The van der Waals surface area contributed by atoms with Crippen molar-refractivity contribution >= 4 is 18.5 Å². The van der Waals surface area contributed by atoms with E-state index in [0.29, 0.717) is 6.61 Å². The van der Waals surface area contributed by atoms with Crippen LogP contribution in [0.1, 0.15) is 13.3 Å². The van der Waals surface area contributed by atoms with E-state index in [1.54, 1.807) is 0 Å². The maximum atomic E-state index is 9.03. The molecule has 0 aromatic carbocycles. The van der Waals surface area contributed by atoms with Crippen molar-refractivity contribution in [1.82, 2.24) is 0 Å². The van der Waals surface area contributed by atoms with Gasteiger partial charge >= 0.3 is 6.72 Å². The summed E-state index contributed by atoms with van der Waals surface area (Å²) in [5.41, 5.74) is 0. The molecule has 3 nitrogen and oxygen atoms in total. The molecule has 1 rings (SSSR count). The molecule has 54 valence electrons. The maximum Gasteiger partial charge on any atom is 0.324 e. The van der Waals surface area contributed by atoms with Gasteiger partial charge in [-0.15, -0.1) is 0 Å². The molecule has 5 heteroatoms. The molecule has 0 saturated carbocycles. The monoisotopic (exact) mass is 168 g/mol. The van der Waals surface area contributed by atoms with Crippen molar-refractivity contribution < 1.29 is 13.9 Å². The molecule has 0 aromatic rings. The van der Waals surface area contributed by atoms with Gasteiger partial charge in [-0.05, 0) is 25.2 Å². The highest BCUT2D eigenvalue weighted by molar-refractivity contribution is 8.07. The summed E-state index contributed by atoms with van der Waals surface area (Å²) in [6.07, 6.45) is 0.869. The molecule has 1 aliphatic heterocycles. The first-order valence-electron chi connectivity index (χ1n) is 2.76. The first-order valence-corrected chi connectivity index (χ1v) is 5.35. The first-order chi connectivity index (χ1) is 4.10. The molecule has 1 heterocycles. The minimum atomic E-state index is -2.81. The molecule has 0 spiro atoms. The summed E-state index contributed by atoms with van der Waals surface area (Å²) in [6.45, 7) is -0.412. The van der Waals surface area contributed by atoms with Crippen LogP contribution in [-0.4, -0.2) is 17.6 Å². The first kappa shape index (κ1) is 7.63. The molecule has 2 atom stereocenters. The Labute approximate surface area is 59.2 Å². The lowest BCUT2D eigenvalue weighted by molar-refractivity contribution is 0.0875. The van der Waals surface area contributed by atoms with Gasteiger partial charge in [0.1, 0.15) is 0 Å². The lowest BCUT2D eigenvalue weighted by Gasteiger charge is -2.25. The molecule has 0 aromatic heterocycles. The second-order valence-electron chi connectivity index (χ2n) is 2.01. The minimum Gasteiger partial charge on any atom is -0.324 e. The van der Waals surface area contributed by atoms with E-state index in [1.165, 1.54) is 0 Å². The van der Waals surface area contributed by atoms with Crippen LogP contribution in [0, 0.1) is 0 Å². The SMILES string of the molecule is CC1CCOP(O)(=S)O1. The molecule has 0 radical (unpaired) electrons. The van der Waals surface area contributed by atoms with Crippen molar-refractivity contribution in [3.63, 3.8) is 0 Å². The molecule has 0 bridgehead atoms. The summed E-state index contributed by atoms with van der Waals surface area (Å²) < 4.78 is 9.73. The van der Waals surface area contributed by atoms with Gasteiger partial charge < -0.3 is 13.9 Å². The Balaban J connectivity index is 2.51. The summed E-state index contributed by atoms with van der Waals surface area (Å²) in [4.78, 5) is 9.03. The fourth-order valence-corrected chi connectivity index (χ4v) is 2.27. The molecule has 1 saturated heterocycles. The topological polar surface area (TPSA) is 38.7 Å². The zero-order valence-electron chi connectivity index (χ0n) is 5.11. The highest BCUT2D eigenvalue weighted by Gasteiger charge is 2.23. The summed E-state index contributed by atoms with van der Waals surface area (Å²) in [5, 5.41) is 0. The van der Waals surface area contributed by atoms with Crippen molar-refractivity contribution in [2.45, 2.75) is 19.4 Å². The Kier molecular flexibility index (Phi) is 2.24. The lowest BCUT2D eigenvalue weighted by atomic mass is 10.3. The predicted octanol–water partition coefficient (Wildman–Crippen LogP) is 1.03. The molecule has 1 aliphatic rings. The van der Waals surface area contributed by atoms with Crippen LogP contribution in [0.3, 0.4) is 0 Å². The van der Waals surface area contributed by atoms with Gasteiger partial charge in [-0.25, -0.2) is 0 Å². The van der Waals surface area contributed by atoms with Gasteiger partial charge in [-0.3, -0.25) is 0 Å². The highest BCUT2D eigenvalue weighted by Crippen LogP contribution is 2.48. The van der Waals surface area contributed by atoms with E-state index in [2.05, 4.69) is 11.8 Å². The zero-order chi connectivity index (χ0) is 6.91. The van der Waals surface area contributed by atoms with E-state index < -0.39 is 6.72 Å². The predicted molar refractivity (Wildman–Crippen MR) is 37.6 cm³/mol. The maximum absolute atomic E-state index is 9.03. The van der Waals surface area contributed by atoms with Gasteiger partial charge in [0.15, 0.2) is 0 Å². The van der Waals surface area contributed by atoms with E-state index in [0.717, 1.165) is 6.42 Å². The highest BCUT2D eigenvalue weighted by atomic mass is 32.5. The van der Waals surface area contributed by atoms with E-state index >= 15 is 0 Å². The smallest absolute Gasteiger partial charge is 0.324 e. The summed E-state index contributed by atoms with van der Waals surface area (Å²) >= 11 is 4.59. The van der Waals surface area contributed by atoms with Crippen molar-refractivity contribution in [2.24, 2.45) is 0 Å². The second-order valence-corrected chi connectivity index (χ2v) is 4.80. The van der Waals surface area contributed by atoms with Crippen LogP contribution in [0.2, 0.25) is 0 Å². The Hall–Kier alpha value is 0.530. The third-order valence-corrected chi connectivity index (χ3v) is 2.80. The van der Waals surface area contributed by atoms with Gasteiger partial charge in [0, 0.05) is 0 Å². The number of hydrogen-bond donors (Lipinski definition) is 1. The average Bonchev–Trinajstić information content (AvgIpc) is 1.60. The average molecular weight is 168 g/mol. The van der Waals surface area contributed by atoms with Crippen LogP contribution in [0.5, 0.6) is 0 Å². The van der Waals surface area contributed by atoms with Crippen LogP contribution in [0.25, 0.3) is 0 Å². The van der Waals surface area contributed by atoms with Crippen molar-refractivity contribution in [3.8, 4) is 0 Å². The Morgan fingerprint density at radius 2 is 2.44 bits per heavy atom. The van der Waals surface area contributed by atoms with Crippen molar-refractivity contribution in [2.75, 3.05) is 6.61 Å². The molecule has 0 aliphatic carbocycles. The molecule has 1 N–H and O–H groups in total. The standard InChI is InChI=1S/C4H9O3PS/c1-4-2-3-6-8(5,9)7-4/h4H,2-3H2,1H3,(H,5,9). The normalized spacial score (nSPS) is 44.9. The van der Waals surface area contributed by atoms with Crippen LogP contribution >= 0.6 is 6.72 Å². The molecular weight excluding hydrogens is 159 g/mol. The largest absolute Gasteiger partial charge is 0.324 e. The van der Waals surface area contributed by atoms with E-state index in [9.17, 15) is 0 Å². The van der Waals surface area contributed by atoms with Crippen LogP contribution in [-0.2, 0) is 20.9 Å².